The Morgan fingerprint density at radius 1 is 1.33 bits per heavy atom. The zero-order valence-electron chi connectivity index (χ0n) is 6.01. The predicted molar refractivity (Wildman–Crippen MR) is 39.1 cm³/mol. The Labute approximate surface area is 57.0 Å². The van der Waals surface area contributed by atoms with E-state index in [-0.39, 0.29) is 0 Å². The number of hydrogen-bond acceptors (Lipinski definition) is 0. The van der Waals surface area contributed by atoms with Crippen LogP contribution in [0.15, 0.2) is 12.7 Å². The topological polar surface area (TPSA) is 0 Å². The van der Waals surface area contributed by atoms with E-state index < -0.39 is 0 Å². The monoisotopic (exact) mass is 122 g/mol. The van der Waals surface area contributed by atoms with Crippen molar-refractivity contribution in [3.63, 3.8) is 0 Å². The summed E-state index contributed by atoms with van der Waals surface area (Å²) in [5.74, 6) is 4.02. The fourth-order valence-corrected chi connectivity index (χ4v) is 2.43. The molecule has 0 heteroatoms. The van der Waals surface area contributed by atoms with Crippen LogP contribution in [0.25, 0.3) is 0 Å². The van der Waals surface area contributed by atoms with Gasteiger partial charge in [-0.25, -0.2) is 0 Å². The van der Waals surface area contributed by atoms with E-state index >= 15 is 0 Å². The Balaban J connectivity index is 2.08. The maximum Gasteiger partial charge on any atom is -0.0202 e. The van der Waals surface area contributed by atoms with Gasteiger partial charge in [0.2, 0.25) is 0 Å². The minimum Gasteiger partial charge on any atom is -0.103 e. The lowest BCUT2D eigenvalue weighted by molar-refractivity contribution is 0.492. The molecule has 4 unspecified atom stereocenters. The first kappa shape index (κ1) is 5.52. The standard InChI is InChI=1S/C9H14/c1-3-7-4-6(2)8-5-9(7)8/h3,6-9H,1,4-5H2,2H3. The van der Waals surface area contributed by atoms with Crippen LogP contribution in [-0.4, -0.2) is 0 Å². The second-order valence-electron chi connectivity index (χ2n) is 3.68. The Morgan fingerprint density at radius 3 is 2.33 bits per heavy atom. The quantitative estimate of drug-likeness (QED) is 0.469. The van der Waals surface area contributed by atoms with Crippen LogP contribution < -0.4 is 0 Å². The molecule has 4 atom stereocenters. The molecule has 2 saturated carbocycles. The Bertz CT molecular complexity index is 137. The van der Waals surface area contributed by atoms with Crippen LogP contribution in [0.3, 0.4) is 0 Å². The van der Waals surface area contributed by atoms with Gasteiger partial charge < -0.3 is 0 Å². The van der Waals surface area contributed by atoms with Crippen molar-refractivity contribution in [1.29, 1.82) is 0 Å². The Kier molecular flexibility index (Phi) is 0.992. The van der Waals surface area contributed by atoms with E-state index in [0.717, 1.165) is 23.7 Å². The summed E-state index contributed by atoms with van der Waals surface area (Å²) < 4.78 is 0. The summed E-state index contributed by atoms with van der Waals surface area (Å²) in [6, 6.07) is 0. The molecule has 2 rings (SSSR count). The fourth-order valence-electron chi connectivity index (χ4n) is 2.43. The molecule has 0 nitrogen and oxygen atoms in total. The highest BCUT2D eigenvalue weighted by atomic mass is 14.6. The summed E-state index contributed by atoms with van der Waals surface area (Å²) in [6.45, 7) is 6.24. The van der Waals surface area contributed by atoms with Crippen molar-refractivity contribution in [1.82, 2.24) is 0 Å². The zero-order valence-corrected chi connectivity index (χ0v) is 6.01. The van der Waals surface area contributed by atoms with Gasteiger partial charge in [-0.2, -0.15) is 0 Å². The maximum atomic E-state index is 3.85. The van der Waals surface area contributed by atoms with E-state index in [2.05, 4.69) is 19.6 Å². The van der Waals surface area contributed by atoms with E-state index in [0.29, 0.717) is 0 Å². The molecule has 0 amide bonds. The SMILES string of the molecule is C=CC1CC(C)C2CC12. The Hall–Kier alpha value is -0.260. The first-order valence-electron chi connectivity index (χ1n) is 3.95. The van der Waals surface area contributed by atoms with Crippen LogP contribution in [0.5, 0.6) is 0 Å². The van der Waals surface area contributed by atoms with Crippen LogP contribution in [0.2, 0.25) is 0 Å². The van der Waals surface area contributed by atoms with E-state index in [1.807, 2.05) is 0 Å². The molecule has 0 saturated heterocycles. The van der Waals surface area contributed by atoms with Gasteiger partial charge in [-0.05, 0) is 36.5 Å². The molecule has 0 aromatic rings. The molecule has 0 aromatic carbocycles. The predicted octanol–water partition coefficient (Wildman–Crippen LogP) is 2.46. The van der Waals surface area contributed by atoms with Gasteiger partial charge in [-0.3, -0.25) is 0 Å². The van der Waals surface area contributed by atoms with E-state index in [4.69, 9.17) is 0 Å². The van der Waals surface area contributed by atoms with Crippen molar-refractivity contribution in [3.05, 3.63) is 12.7 Å². The van der Waals surface area contributed by atoms with Gasteiger partial charge in [0, 0.05) is 0 Å². The fraction of sp³-hybridized carbons (Fsp3) is 0.778. The van der Waals surface area contributed by atoms with E-state index in [9.17, 15) is 0 Å². The van der Waals surface area contributed by atoms with Gasteiger partial charge in [-0.1, -0.05) is 13.0 Å². The first-order valence-corrected chi connectivity index (χ1v) is 3.95. The third kappa shape index (κ3) is 0.654. The van der Waals surface area contributed by atoms with Crippen molar-refractivity contribution in [2.45, 2.75) is 19.8 Å². The van der Waals surface area contributed by atoms with Crippen LogP contribution in [0, 0.1) is 23.7 Å². The number of fused-ring (bicyclic) bond motifs is 1. The molecule has 0 bridgehead atoms. The number of hydrogen-bond donors (Lipinski definition) is 0. The van der Waals surface area contributed by atoms with Gasteiger partial charge in [0.1, 0.15) is 0 Å². The lowest BCUT2D eigenvalue weighted by Gasteiger charge is -2.06. The van der Waals surface area contributed by atoms with Crippen molar-refractivity contribution in [2.75, 3.05) is 0 Å². The molecule has 0 radical (unpaired) electrons. The van der Waals surface area contributed by atoms with Gasteiger partial charge >= 0.3 is 0 Å². The van der Waals surface area contributed by atoms with Gasteiger partial charge in [0.05, 0.1) is 0 Å². The molecule has 2 aliphatic rings. The minimum atomic E-state index is 0.880. The summed E-state index contributed by atoms with van der Waals surface area (Å²) in [5.41, 5.74) is 0. The lowest BCUT2D eigenvalue weighted by Crippen LogP contribution is -1.96. The van der Waals surface area contributed by atoms with Crippen LogP contribution >= 0.6 is 0 Å². The van der Waals surface area contributed by atoms with Crippen molar-refractivity contribution in [2.24, 2.45) is 23.7 Å². The van der Waals surface area contributed by atoms with Gasteiger partial charge in [-0.15, -0.1) is 6.58 Å². The summed E-state index contributed by atoms with van der Waals surface area (Å²) >= 11 is 0. The molecule has 0 aromatic heterocycles. The third-order valence-electron chi connectivity index (χ3n) is 3.12. The molecular formula is C9H14. The van der Waals surface area contributed by atoms with Crippen molar-refractivity contribution >= 4 is 0 Å². The van der Waals surface area contributed by atoms with Crippen LogP contribution in [0.1, 0.15) is 19.8 Å². The van der Waals surface area contributed by atoms with E-state index in [1.54, 1.807) is 0 Å². The van der Waals surface area contributed by atoms with Gasteiger partial charge in [0.25, 0.3) is 0 Å². The molecule has 50 valence electrons. The second-order valence-corrected chi connectivity index (χ2v) is 3.68. The van der Waals surface area contributed by atoms with Crippen LogP contribution in [0.4, 0.5) is 0 Å². The molecule has 2 fully saturated rings. The molecule has 0 N–H and O–H groups in total. The average Bonchev–Trinajstić information content (AvgIpc) is 2.56. The average molecular weight is 122 g/mol. The van der Waals surface area contributed by atoms with Crippen molar-refractivity contribution < 1.29 is 0 Å². The van der Waals surface area contributed by atoms with E-state index in [1.165, 1.54) is 12.8 Å². The second kappa shape index (κ2) is 1.62. The summed E-state index contributed by atoms with van der Waals surface area (Å²) in [7, 11) is 0. The normalized spacial score (nSPS) is 54.8. The largest absolute Gasteiger partial charge is 0.103 e. The molecule has 0 spiro atoms. The smallest absolute Gasteiger partial charge is 0.0202 e. The summed E-state index contributed by atoms with van der Waals surface area (Å²) in [4.78, 5) is 0. The molecule has 2 aliphatic carbocycles. The first-order chi connectivity index (χ1) is 4.33. The lowest BCUT2D eigenvalue weighted by atomic mass is 9.99. The molecule has 0 aliphatic heterocycles. The summed E-state index contributed by atoms with van der Waals surface area (Å²) in [6.07, 6.45) is 5.07. The van der Waals surface area contributed by atoms with Crippen molar-refractivity contribution in [3.8, 4) is 0 Å². The summed E-state index contributed by atoms with van der Waals surface area (Å²) in [5, 5.41) is 0. The number of rotatable bonds is 1. The number of allylic oxidation sites excluding steroid dienone is 1. The van der Waals surface area contributed by atoms with Crippen LogP contribution in [-0.2, 0) is 0 Å². The molecular weight excluding hydrogens is 108 g/mol. The van der Waals surface area contributed by atoms with Gasteiger partial charge in [0.15, 0.2) is 0 Å². The highest BCUT2D eigenvalue weighted by Crippen LogP contribution is 2.58. The third-order valence-corrected chi connectivity index (χ3v) is 3.12. The highest BCUT2D eigenvalue weighted by Gasteiger charge is 2.50. The minimum absolute atomic E-state index is 0.880. The maximum absolute atomic E-state index is 3.85. The Morgan fingerprint density at radius 2 is 2.11 bits per heavy atom. The molecule has 0 heterocycles. The molecule has 9 heavy (non-hydrogen) atoms. The zero-order chi connectivity index (χ0) is 6.43. The highest BCUT2D eigenvalue weighted by molar-refractivity contribution is 5.06.